The molecule has 0 N–H and O–H groups in total. The Morgan fingerprint density at radius 2 is 1.23 bits per heavy atom. The normalized spacial score (nSPS) is 11.9. The average molecular weight is 542 g/mol. The molecule has 40 heavy (non-hydrogen) atoms. The van der Waals surface area contributed by atoms with E-state index in [1.54, 1.807) is 13.2 Å². The second-order valence-corrected chi connectivity index (χ2v) is 11.6. The van der Waals surface area contributed by atoms with Crippen LogP contribution in [-0.2, 0) is 4.79 Å². The number of carbonyl (C=O) groups is 1. The molecule has 0 bridgehead atoms. The minimum atomic E-state index is -0.991. The van der Waals surface area contributed by atoms with Crippen molar-refractivity contribution in [2.24, 2.45) is 0 Å². The highest BCUT2D eigenvalue weighted by Crippen LogP contribution is 2.43. The molecule has 0 spiro atoms. The molecule has 5 aromatic rings. The van der Waals surface area contributed by atoms with Gasteiger partial charge in [0.05, 0.1) is 18.8 Å². The molecule has 0 saturated carbocycles. The van der Waals surface area contributed by atoms with Crippen molar-refractivity contribution in [3.8, 4) is 5.75 Å². The molecule has 0 saturated heterocycles. The van der Waals surface area contributed by atoms with Crippen LogP contribution in [0.4, 0.5) is 5.69 Å². The lowest BCUT2D eigenvalue weighted by Gasteiger charge is -2.34. The Hall–Kier alpha value is -4.46. The molecule has 5 aromatic carbocycles. The van der Waals surface area contributed by atoms with Crippen LogP contribution in [0.2, 0.25) is 0 Å². The second kappa shape index (κ2) is 13.1. The van der Waals surface area contributed by atoms with Crippen LogP contribution in [0.1, 0.15) is 24.1 Å². The van der Waals surface area contributed by atoms with Crippen LogP contribution in [-0.4, -0.2) is 13.0 Å². The first-order valence-electron chi connectivity index (χ1n) is 13.4. The highest BCUT2D eigenvalue weighted by molar-refractivity contribution is 7.80. The molecule has 0 aliphatic carbocycles. The number of hydrogen-bond acceptors (Lipinski definition) is 2. The molecule has 0 radical (unpaired) electrons. The molecule has 1 atom stereocenters. The van der Waals surface area contributed by atoms with Gasteiger partial charge in [-0.2, -0.15) is 0 Å². The maximum atomic E-state index is 14.2. The molecule has 0 fully saturated rings. The van der Waals surface area contributed by atoms with E-state index in [0.29, 0.717) is 5.75 Å². The molecule has 0 aliphatic rings. The Balaban J connectivity index is 1.72. The van der Waals surface area contributed by atoms with E-state index in [1.165, 1.54) is 10.6 Å². The van der Waals surface area contributed by atoms with Crippen LogP contribution in [0.5, 0.6) is 5.75 Å². The number of nitrogens with zero attached hydrogens (tertiary/aromatic N) is 1. The lowest BCUT2D eigenvalue weighted by Crippen LogP contribution is -2.37. The number of methoxy groups -OCH3 is 1. The van der Waals surface area contributed by atoms with Crippen LogP contribution in [0.15, 0.2) is 146 Å². The molecule has 198 valence electrons. The summed E-state index contributed by atoms with van der Waals surface area (Å²) in [4.78, 5) is 16.1. The highest BCUT2D eigenvalue weighted by atomic mass is 31.1. The Morgan fingerprint density at radius 1 is 0.700 bits per heavy atom. The molecule has 5 rings (SSSR count). The number of anilines is 1. The molecule has 0 aliphatic heterocycles. The zero-order valence-corrected chi connectivity index (χ0v) is 23.6. The quantitative estimate of drug-likeness (QED) is 0.145. The molecule has 1 amide bonds. The number of carbonyl (C=O) groups excluding carboxylic acids is 1. The van der Waals surface area contributed by atoms with E-state index in [9.17, 15) is 4.79 Å². The molecular formula is C36H32NO2P. The molecule has 0 unspecified atom stereocenters. The summed E-state index contributed by atoms with van der Waals surface area (Å²) >= 11 is 0. The SMILES string of the molecule is COc1cccc(P(c2ccccc2)c2ccccc2)c1N(C(=O)/C=C/c1ccccc1)[C@@H](C)c1ccccc1. The summed E-state index contributed by atoms with van der Waals surface area (Å²) in [6.45, 7) is 2.08. The van der Waals surface area contributed by atoms with E-state index in [4.69, 9.17) is 4.74 Å². The van der Waals surface area contributed by atoms with E-state index < -0.39 is 7.92 Å². The number of amides is 1. The zero-order chi connectivity index (χ0) is 27.7. The van der Waals surface area contributed by atoms with E-state index in [0.717, 1.165) is 22.1 Å². The van der Waals surface area contributed by atoms with Crippen LogP contribution in [0, 0.1) is 0 Å². The fourth-order valence-corrected chi connectivity index (χ4v) is 7.33. The fourth-order valence-electron chi connectivity index (χ4n) is 4.87. The van der Waals surface area contributed by atoms with Crippen molar-refractivity contribution < 1.29 is 9.53 Å². The summed E-state index contributed by atoms with van der Waals surface area (Å²) in [5.74, 6) is 0.558. The average Bonchev–Trinajstić information content (AvgIpc) is 3.02. The smallest absolute Gasteiger partial charge is 0.251 e. The van der Waals surface area contributed by atoms with Gasteiger partial charge in [0.25, 0.3) is 5.91 Å². The number of para-hydroxylation sites is 1. The van der Waals surface area contributed by atoms with Gasteiger partial charge in [-0.05, 0) is 48.7 Å². The monoisotopic (exact) mass is 541 g/mol. The first kappa shape index (κ1) is 27.1. The Kier molecular flexibility index (Phi) is 8.86. The summed E-state index contributed by atoms with van der Waals surface area (Å²) in [5.41, 5.74) is 2.81. The summed E-state index contributed by atoms with van der Waals surface area (Å²) in [6.07, 6.45) is 3.54. The topological polar surface area (TPSA) is 29.5 Å². The Labute approximate surface area is 238 Å². The standard InChI is InChI=1S/C36H32NO2P/c1-28(30-18-9-4-10-19-30)37(35(38)27-26-29-16-7-3-8-17-29)36-33(39-2)24-15-25-34(36)40(31-20-11-5-12-21-31)32-22-13-6-14-23-32/h3-28H,1-2H3/b27-26+/t28-/m0/s1. The lowest BCUT2D eigenvalue weighted by atomic mass is 10.1. The first-order chi connectivity index (χ1) is 19.7. The number of ether oxygens (including phenoxy) is 1. The molecule has 0 aromatic heterocycles. The highest BCUT2D eigenvalue weighted by Gasteiger charge is 2.31. The number of rotatable bonds is 9. The van der Waals surface area contributed by atoms with Gasteiger partial charge in [0.2, 0.25) is 0 Å². The Bertz CT molecular complexity index is 1520. The Morgan fingerprint density at radius 3 is 1.77 bits per heavy atom. The molecule has 3 nitrogen and oxygen atoms in total. The van der Waals surface area contributed by atoms with Gasteiger partial charge in [0, 0.05) is 11.4 Å². The predicted molar refractivity (Wildman–Crippen MR) is 170 cm³/mol. The fraction of sp³-hybridized carbons (Fsp3) is 0.0833. The lowest BCUT2D eigenvalue weighted by molar-refractivity contribution is -0.114. The van der Waals surface area contributed by atoms with Crippen molar-refractivity contribution in [2.45, 2.75) is 13.0 Å². The summed E-state index contributed by atoms with van der Waals surface area (Å²) in [5, 5.41) is 3.48. The van der Waals surface area contributed by atoms with Gasteiger partial charge in [0.1, 0.15) is 5.75 Å². The number of benzene rings is 5. The van der Waals surface area contributed by atoms with Gasteiger partial charge in [0.15, 0.2) is 0 Å². The van der Waals surface area contributed by atoms with Crippen molar-refractivity contribution in [1.29, 1.82) is 0 Å². The summed E-state index contributed by atoms with van der Waals surface area (Å²) in [6, 6.07) is 47.0. The van der Waals surface area contributed by atoms with Gasteiger partial charge in [-0.15, -0.1) is 0 Å². The first-order valence-corrected chi connectivity index (χ1v) is 14.7. The molecule has 0 heterocycles. The van der Waals surface area contributed by atoms with Gasteiger partial charge >= 0.3 is 0 Å². The van der Waals surface area contributed by atoms with Crippen LogP contribution >= 0.6 is 7.92 Å². The third kappa shape index (κ3) is 6.06. The van der Waals surface area contributed by atoms with Gasteiger partial charge < -0.3 is 4.74 Å². The minimum Gasteiger partial charge on any atom is -0.495 e. The van der Waals surface area contributed by atoms with E-state index >= 15 is 0 Å². The van der Waals surface area contributed by atoms with Crippen LogP contribution in [0.3, 0.4) is 0 Å². The third-order valence-electron chi connectivity index (χ3n) is 6.83. The van der Waals surface area contributed by atoms with Crippen molar-refractivity contribution >= 4 is 41.5 Å². The largest absolute Gasteiger partial charge is 0.495 e. The zero-order valence-electron chi connectivity index (χ0n) is 22.7. The predicted octanol–water partition coefficient (Wildman–Crippen LogP) is 7.26. The van der Waals surface area contributed by atoms with E-state index in [2.05, 4.69) is 73.7 Å². The van der Waals surface area contributed by atoms with Crippen molar-refractivity contribution in [3.63, 3.8) is 0 Å². The van der Waals surface area contributed by atoms with Crippen molar-refractivity contribution in [3.05, 3.63) is 157 Å². The number of hydrogen-bond donors (Lipinski definition) is 0. The minimum absolute atomic E-state index is 0.109. The third-order valence-corrected chi connectivity index (χ3v) is 9.30. The van der Waals surface area contributed by atoms with Gasteiger partial charge in [-0.1, -0.05) is 133 Å². The van der Waals surface area contributed by atoms with E-state index in [-0.39, 0.29) is 11.9 Å². The van der Waals surface area contributed by atoms with Crippen LogP contribution in [0.25, 0.3) is 6.08 Å². The molecular weight excluding hydrogens is 509 g/mol. The maximum absolute atomic E-state index is 14.2. The van der Waals surface area contributed by atoms with Crippen LogP contribution < -0.4 is 25.6 Å². The van der Waals surface area contributed by atoms with Crippen molar-refractivity contribution in [1.82, 2.24) is 0 Å². The second-order valence-electron chi connectivity index (χ2n) is 9.37. The van der Waals surface area contributed by atoms with Gasteiger partial charge in [-0.3, -0.25) is 9.69 Å². The van der Waals surface area contributed by atoms with Gasteiger partial charge in [-0.25, -0.2) is 0 Å². The molecule has 4 heteroatoms. The summed E-state index contributed by atoms with van der Waals surface area (Å²) in [7, 11) is 0.682. The maximum Gasteiger partial charge on any atom is 0.251 e. The van der Waals surface area contributed by atoms with Crippen molar-refractivity contribution in [2.75, 3.05) is 12.0 Å². The summed E-state index contributed by atoms with van der Waals surface area (Å²) < 4.78 is 5.98. The van der Waals surface area contributed by atoms with E-state index in [1.807, 2.05) is 83.8 Å².